The van der Waals surface area contributed by atoms with Gasteiger partial charge in [0, 0.05) is 17.7 Å². The number of aryl methyl sites for hydroxylation is 1. The third-order valence-electron chi connectivity index (χ3n) is 4.70. The molecule has 1 fully saturated rings. The molecule has 1 saturated carbocycles. The van der Waals surface area contributed by atoms with Crippen LogP contribution in [0.2, 0.25) is 0 Å². The zero-order chi connectivity index (χ0) is 16.4. The van der Waals surface area contributed by atoms with Gasteiger partial charge in [-0.2, -0.15) is 5.10 Å². The number of benzene rings is 1. The van der Waals surface area contributed by atoms with Crippen molar-refractivity contribution >= 4 is 0 Å². The minimum Gasteiger partial charge on any atom is -0.420 e. The van der Waals surface area contributed by atoms with E-state index in [9.17, 15) is 0 Å². The lowest BCUT2D eigenvalue weighted by atomic mass is 9.89. The Kier molecular flexibility index (Phi) is 4.15. The van der Waals surface area contributed by atoms with Crippen LogP contribution in [0.1, 0.15) is 55.0 Å². The zero-order valence-corrected chi connectivity index (χ0v) is 14.0. The van der Waals surface area contributed by atoms with Gasteiger partial charge in [-0.05, 0) is 43.0 Å². The van der Waals surface area contributed by atoms with E-state index in [1.165, 1.54) is 43.2 Å². The lowest BCUT2D eigenvalue weighted by Gasteiger charge is -2.17. The number of hydrogen-bond donors (Lipinski definition) is 0. The van der Waals surface area contributed by atoms with Gasteiger partial charge < -0.3 is 4.42 Å². The summed E-state index contributed by atoms with van der Waals surface area (Å²) in [4.78, 5) is 0. The van der Waals surface area contributed by atoms with Crippen molar-refractivity contribution in [2.45, 2.75) is 51.5 Å². The topological polar surface area (TPSA) is 56.7 Å². The Balaban J connectivity index is 1.47. The van der Waals surface area contributed by atoms with E-state index >= 15 is 0 Å². The number of aromatic nitrogens is 4. The van der Waals surface area contributed by atoms with Crippen LogP contribution in [0.25, 0.3) is 11.5 Å². The van der Waals surface area contributed by atoms with Crippen LogP contribution >= 0.6 is 0 Å². The van der Waals surface area contributed by atoms with Gasteiger partial charge in [-0.3, -0.25) is 4.68 Å². The smallest absolute Gasteiger partial charge is 0.247 e. The fourth-order valence-electron chi connectivity index (χ4n) is 3.36. The molecule has 1 aromatic carbocycles. The molecule has 0 unspecified atom stereocenters. The summed E-state index contributed by atoms with van der Waals surface area (Å²) in [6.07, 6.45) is 10.1. The van der Waals surface area contributed by atoms with Crippen LogP contribution in [0.4, 0.5) is 0 Å². The molecule has 1 aliphatic rings. The van der Waals surface area contributed by atoms with Crippen molar-refractivity contribution in [2.24, 2.45) is 0 Å². The third kappa shape index (κ3) is 3.25. The summed E-state index contributed by atoms with van der Waals surface area (Å²) in [7, 11) is 0. The van der Waals surface area contributed by atoms with Crippen molar-refractivity contribution in [3.05, 3.63) is 53.7 Å². The summed E-state index contributed by atoms with van der Waals surface area (Å²) in [6, 6.07) is 8.28. The highest BCUT2D eigenvalue weighted by atomic mass is 16.4. The molecule has 0 N–H and O–H groups in total. The third-order valence-corrected chi connectivity index (χ3v) is 4.70. The van der Waals surface area contributed by atoms with Gasteiger partial charge in [-0.1, -0.05) is 31.4 Å². The molecule has 0 amide bonds. The van der Waals surface area contributed by atoms with Crippen LogP contribution in [-0.4, -0.2) is 20.0 Å². The molecular weight excluding hydrogens is 300 g/mol. The van der Waals surface area contributed by atoms with Crippen molar-refractivity contribution in [3.8, 4) is 11.5 Å². The van der Waals surface area contributed by atoms with Crippen LogP contribution in [-0.2, 0) is 6.54 Å². The minimum atomic E-state index is 0.447. The predicted molar refractivity (Wildman–Crippen MR) is 91.6 cm³/mol. The first-order chi connectivity index (χ1) is 11.8. The summed E-state index contributed by atoms with van der Waals surface area (Å²) in [6.45, 7) is 2.82. The maximum atomic E-state index is 5.93. The van der Waals surface area contributed by atoms with Gasteiger partial charge in [0.1, 0.15) is 0 Å². The lowest BCUT2D eigenvalue weighted by molar-refractivity contribution is 0.367. The minimum absolute atomic E-state index is 0.447. The van der Waals surface area contributed by atoms with E-state index in [-0.39, 0.29) is 0 Å². The van der Waals surface area contributed by atoms with Crippen molar-refractivity contribution in [1.29, 1.82) is 0 Å². The molecule has 0 saturated heterocycles. The Morgan fingerprint density at radius 3 is 2.58 bits per heavy atom. The van der Waals surface area contributed by atoms with Gasteiger partial charge in [0.25, 0.3) is 0 Å². The Hall–Kier alpha value is -2.43. The summed E-state index contributed by atoms with van der Waals surface area (Å²) >= 11 is 0. The molecule has 0 aliphatic heterocycles. The Labute approximate surface area is 141 Å². The summed E-state index contributed by atoms with van der Waals surface area (Å²) in [5, 5.41) is 12.8. The Morgan fingerprint density at radius 1 is 1.08 bits per heavy atom. The number of nitrogens with zero attached hydrogens (tertiary/aromatic N) is 4. The second kappa shape index (κ2) is 6.59. The highest BCUT2D eigenvalue weighted by Gasteiger charge is 2.21. The standard InChI is InChI=1S/C19H22N4O/c1-14-11-20-23(12-14)13-15-7-9-17(10-8-15)19-22-21-18(24-19)16-5-3-2-4-6-16/h7-12,16H,2-6,13H2,1H3. The first kappa shape index (κ1) is 15.1. The van der Waals surface area contributed by atoms with Gasteiger partial charge >= 0.3 is 0 Å². The molecule has 0 radical (unpaired) electrons. The van der Waals surface area contributed by atoms with Crippen LogP contribution < -0.4 is 0 Å². The van der Waals surface area contributed by atoms with Crippen molar-refractivity contribution < 1.29 is 4.42 Å². The molecular formula is C19H22N4O. The molecule has 124 valence electrons. The number of hydrogen-bond acceptors (Lipinski definition) is 4. The fourth-order valence-corrected chi connectivity index (χ4v) is 3.36. The molecule has 5 nitrogen and oxygen atoms in total. The average molecular weight is 322 g/mol. The molecule has 0 spiro atoms. The van der Waals surface area contributed by atoms with E-state index in [0.717, 1.165) is 18.0 Å². The molecule has 1 aliphatic carbocycles. The zero-order valence-electron chi connectivity index (χ0n) is 14.0. The monoisotopic (exact) mass is 322 g/mol. The van der Waals surface area contributed by atoms with Gasteiger partial charge in [0.2, 0.25) is 11.8 Å². The Morgan fingerprint density at radius 2 is 1.88 bits per heavy atom. The van der Waals surface area contributed by atoms with Gasteiger partial charge in [0.15, 0.2) is 0 Å². The van der Waals surface area contributed by atoms with E-state index in [2.05, 4.69) is 27.4 Å². The highest BCUT2D eigenvalue weighted by Crippen LogP contribution is 2.33. The van der Waals surface area contributed by atoms with Crippen LogP contribution in [0.15, 0.2) is 41.1 Å². The van der Waals surface area contributed by atoms with Crippen LogP contribution in [0.5, 0.6) is 0 Å². The van der Waals surface area contributed by atoms with E-state index < -0.39 is 0 Å². The normalized spacial score (nSPS) is 15.7. The molecule has 3 aromatic rings. The lowest BCUT2D eigenvalue weighted by Crippen LogP contribution is -2.04. The number of rotatable bonds is 4. The predicted octanol–water partition coefficient (Wildman–Crippen LogP) is 4.34. The molecule has 0 bridgehead atoms. The molecule has 0 atom stereocenters. The molecule has 5 heteroatoms. The molecule has 24 heavy (non-hydrogen) atoms. The summed E-state index contributed by atoms with van der Waals surface area (Å²) in [5.41, 5.74) is 3.35. The van der Waals surface area contributed by atoms with Crippen molar-refractivity contribution in [1.82, 2.24) is 20.0 Å². The average Bonchev–Trinajstić information content (AvgIpc) is 3.26. The van der Waals surface area contributed by atoms with E-state index in [0.29, 0.717) is 11.8 Å². The molecule has 2 aromatic heterocycles. The second-order valence-electron chi connectivity index (χ2n) is 6.69. The molecule has 2 heterocycles. The van der Waals surface area contributed by atoms with Gasteiger partial charge in [-0.15, -0.1) is 10.2 Å². The summed E-state index contributed by atoms with van der Waals surface area (Å²) < 4.78 is 7.87. The Bertz CT molecular complexity index is 797. The second-order valence-corrected chi connectivity index (χ2v) is 6.69. The maximum Gasteiger partial charge on any atom is 0.247 e. The van der Waals surface area contributed by atoms with E-state index in [1.807, 2.05) is 36.1 Å². The van der Waals surface area contributed by atoms with E-state index in [1.54, 1.807) is 0 Å². The van der Waals surface area contributed by atoms with Crippen LogP contribution in [0, 0.1) is 6.92 Å². The summed E-state index contributed by atoms with van der Waals surface area (Å²) in [5.74, 6) is 1.88. The first-order valence-corrected chi connectivity index (χ1v) is 8.70. The quantitative estimate of drug-likeness (QED) is 0.717. The van der Waals surface area contributed by atoms with Gasteiger partial charge in [0.05, 0.1) is 12.7 Å². The van der Waals surface area contributed by atoms with Gasteiger partial charge in [-0.25, -0.2) is 0 Å². The van der Waals surface area contributed by atoms with E-state index in [4.69, 9.17) is 4.42 Å². The SMILES string of the molecule is Cc1cnn(Cc2ccc(-c3nnc(C4CCCCC4)o3)cc2)c1. The fraction of sp³-hybridized carbons (Fsp3) is 0.421. The van der Waals surface area contributed by atoms with Crippen molar-refractivity contribution in [3.63, 3.8) is 0 Å². The molecule has 4 rings (SSSR count). The highest BCUT2D eigenvalue weighted by molar-refractivity contribution is 5.53. The maximum absolute atomic E-state index is 5.93. The largest absolute Gasteiger partial charge is 0.420 e. The first-order valence-electron chi connectivity index (χ1n) is 8.70. The van der Waals surface area contributed by atoms with Crippen LogP contribution in [0.3, 0.4) is 0 Å². The van der Waals surface area contributed by atoms with Crippen molar-refractivity contribution in [2.75, 3.05) is 0 Å².